The van der Waals surface area contributed by atoms with Gasteiger partial charge in [-0.2, -0.15) is 0 Å². The summed E-state index contributed by atoms with van der Waals surface area (Å²) in [6.45, 7) is -0.747. The fraction of sp³-hybridized carbons (Fsp3) is 0.333. The van der Waals surface area contributed by atoms with Crippen molar-refractivity contribution in [1.29, 1.82) is 0 Å². The molecule has 2 atom stereocenters. The summed E-state index contributed by atoms with van der Waals surface area (Å²) < 4.78 is 18.9. The number of nitrogens with zero attached hydrogens (tertiary/aromatic N) is 3. The van der Waals surface area contributed by atoms with Gasteiger partial charge in [0.25, 0.3) is 0 Å². The van der Waals surface area contributed by atoms with Crippen LogP contribution in [-0.2, 0) is 16.0 Å². The number of hydrogen-bond acceptors (Lipinski definition) is 7. The van der Waals surface area contributed by atoms with Crippen molar-refractivity contribution in [1.82, 2.24) is 14.9 Å². The molecule has 3 rings (SSSR count). The Morgan fingerprint density at radius 3 is 2.83 bits per heavy atom. The van der Waals surface area contributed by atoms with Crippen LogP contribution < -0.4 is 5.32 Å². The van der Waals surface area contributed by atoms with Crippen LogP contribution in [0.25, 0.3) is 10.8 Å². The molecular weight excluding hydrogens is 479 g/mol. The van der Waals surface area contributed by atoms with Crippen LogP contribution in [0.4, 0.5) is 15.0 Å². The largest absolute Gasteiger partial charge is 0.447 e. The van der Waals surface area contributed by atoms with Gasteiger partial charge in [-0.3, -0.25) is 15.1 Å². The maximum absolute atomic E-state index is 13.6. The number of aliphatic hydroxyl groups is 2. The van der Waals surface area contributed by atoms with Gasteiger partial charge in [0.2, 0.25) is 5.91 Å². The first-order valence-corrected chi connectivity index (χ1v) is 11.3. The number of carbonyl (C=O) groups is 2. The van der Waals surface area contributed by atoms with E-state index in [1.54, 1.807) is 36.8 Å². The zero-order valence-electron chi connectivity index (χ0n) is 19.0. The van der Waals surface area contributed by atoms with Crippen LogP contribution in [0.3, 0.4) is 0 Å². The standard InChI is InChI=1S/C24H26ClFN4O5/c1-30(22(33)6-5-15-3-2-4-20(26)23(15)25)18(10-19(32)13-31)14-35-24(34)29-21-9-16-7-8-27-11-17(16)12-28-21/h2-4,7-9,11-12,18-19,31-32H,5-6,10,13-14H2,1H3,(H,28,29,34)/t18-,19?/m0/s1. The summed E-state index contributed by atoms with van der Waals surface area (Å²) in [4.78, 5) is 34.6. The van der Waals surface area contributed by atoms with Gasteiger partial charge in [-0.1, -0.05) is 23.7 Å². The van der Waals surface area contributed by atoms with Gasteiger partial charge in [-0.25, -0.2) is 14.2 Å². The topological polar surface area (TPSA) is 125 Å². The summed E-state index contributed by atoms with van der Waals surface area (Å²) in [5, 5.41) is 23.3. The van der Waals surface area contributed by atoms with Gasteiger partial charge in [0.15, 0.2) is 0 Å². The van der Waals surface area contributed by atoms with Crippen LogP contribution in [0, 0.1) is 5.82 Å². The average molecular weight is 505 g/mol. The molecule has 0 aliphatic heterocycles. The molecule has 0 fully saturated rings. The molecule has 0 aliphatic carbocycles. The lowest BCUT2D eigenvalue weighted by molar-refractivity contribution is -0.133. The molecular formula is C24H26ClFN4O5. The molecule has 2 aromatic heterocycles. The van der Waals surface area contributed by atoms with Crippen molar-refractivity contribution in [3.63, 3.8) is 0 Å². The lowest BCUT2D eigenvalue weighted by Crippen LogP contribution is -2.43. The van der Waals surface area contributed by atoms with Crippen molar-refractivity contribution in [2.45, 2.75) is 31.4 Å². The molecule has 3 N–H and O–H groups in total. The predicted molar refractivity (Wildman–Crippen MR) is 129 cm³/mol. The summed E-state index contributed by atoms with van der Waals surface area (Å²) in [5.41, 5.74) is 0.495. The van der Waals surface area contributed by atoms with Crippen molar-refractivity contribution in [2.75, 3.05) is 25.6 Å². The molecule has 35 heavy (non-hydrogen) atoms. The number of ether oxygens (including phenoxy) is 1. The molecule has 11 heteroatoms. The molecule has 1 unspecified atom stereocenters. The second kappa shape index (κ2) is 12.4. The zero-order chi connectivity index (χ0) is 25.4. The van der Waals surface area contributed by atoms with Crippen molar-refractivity contribution in [3.05, 3.63) is 65.3 Å². The van der Waals surface area contributed by atoms with Crippen LogP contribution in [0.15, 0.2) is 48.9 Å². The molecule has 0 spiro atoms. The molecule has 0 aliphatic rings. The third-order valence-electron chi connectivity index (χ3n) is 5.49. The number of amides is 2. The van der Waals surface area contributed by atoms with E-state index in [4.69, 9.17) is 16.3 Å². The highest BCUT2D eigenvalue weighted by molar-refractivity contribution is 6.31. The maximum Gasteiger partial charge on any atom is 0.412 e. The van der Waals surface area contributed by atoms with Crippen molar-refractivity contribution < 1.29 is 28.9 Å². The Morgan fingerprint density at radius 1 is 1.26 bits per heavy atom. The minimum Gasteiger partial charge on any atom is -0.447 e. The van der Waals surface area contributed by atoms with E-state index in [1.165, 1.54) is 24.1 Å². The van der Waals surface area contributed by atoms with Crippen molar-refractivity contribution in [2.24, 2.45) is 0 Å². The number of fused-ring (bicyclic) bond motifs is 1. The van der Waals surface area contributed by atoms with E-state index in [0.717, 1.165) is 10.8 Å². The lowest BCUT2D eigenvalue weighted by Gasteiger charge is -2.29. The van der Waals surface area contributed by atoms with E-state index in [0.29, 0.717) is 5.56 Å². The number of benzene rings is 1. The lowest BCUT2D eigenvalue weighted by atomic mass is 10.1. The fourth-order valence-electron chi connectivity index (χ4n) is 3.45. The molecule has 0 radical (unpaired) electrons. The number of aromatic nitrogens is 2. The van der Waals surface area contributed by atoms with Crippen molar-refractivity contribution >= 4 is 40.2 Å². The van der Waals surface area contributed by atoms with Crippen LogP contribution in [0.1, 0.15) is 18.4 Å². The number of anilines is 1. The summed E-state index contributed by atoms with van der Waals surface area (Å²) in [5.74, 6) is -0.614. The summed E-state index contributed by atoms with van der Waals surface area (Å²) >= 11 is 5.96. The van der Waals surface area contributed by atoms with E-state index >= 15 is 0 Å². The average Bonchev–Trinajstić information content (AvgIpc) is 2.86. The number of likely N-dealkylation sites (N-methyl/N-ethyl adjacent to an activating group) is 1. The normalized spacial score (nSPS) is 12.7. The Labute approximate surface area is 206 Å². The number of hydrogen-bond donors (Lipinski definition) is 3. The number of aliphatic hydroxyl groups excluding tert-OH is 2. The van der Waals surface area contributed by atoms with E-state index in [2.05, 4.69) is 15.3 Å². The molecule has 0 bridgehead atoms. The van der Waals surface area contributed by atoms with Gasteiger partial charge >= 0.3 is 6.09 Å². The predicted octanol–water partition coefficient (Wildman–Crippen LogP) is 3.17. The fourth-order valence-corrected chi connectivity index (χ4v) is 3.67. The van der Waals surface area contributed by atoms with E-state index in [-0.39, 0.29) is 42.6 Å². The molecule has 2 heterocycles. The number of carbonyl (C=O) groups excluding carboxylic acids is 2. The highest BCUT2D eigenvalue weighted by Gasteiger charge is 2.24. The van der Waals surface area contributed by atoms with E-state index in [9.17, 15) is 24.2 Å². The molecule has 0 saturated carbocycles. The van der Waals surface area contributed by atoms with Gasteiger partial charge in [-0.15, -0.1) is 0 Å². The summed E-state index contributed by atoms with van der Waals surface area (Å²) in [7, 11) is 1.50. The SMILES string of the molecule is CN(C(=O)CCc1cccc(F)c1Cl)[C@H](COC(=O)Nc1cc2ccncc2cn1)CC(O)CO. The number of aryl methyl sites for hydroxylation is 1. The second-order valence-electron chi connectivity index (χ2n) is 7.96. The Morgan fingerprint density at radius 2 is 2.06 bits per heavy atom. The Balaban J connectivity index is 1.59. The van der Waals surface area contributed by atoms with Crippen LogP contribution in [0.2, 0.25) is 5.02 Å². The molecule has 3 aromatic rings. The first-order chi connectivity index (χ1) is 16.8. The van der Waals surface area contributed by atoms with E-state index < -0.39 is 30.7 Å². The van der Waals surface area contributed by atoms with Gasteiger partial charge < -0.3 is 19.8 Å². The molecule has 186 valence electrons. The molecule has 0 saturated heterocycles. The van der Waals surface area contributed by atoms with Gasteiger partial charge in [0.1, 0.15) is 18.2 Å². The van der Waals surface area contributed by atoms with Gasteiger partial charge in [-0.05, 0) is 42.0 Å². The van der Waals surface area contributed by atoms with Gasteiger partial charge in [0.05, 0.1) is 23.8 Å². The third-order valence-corrected chi connectivity index (χ3v) is 5.92. The number of pyridine rings is 2. The van der Waals surface area contributed by atoms with Crippen molar-refractivity contribution in [3.8, 4) is 0 Å². The number of halogens is 2. The molecule has 1 aromatic carbocycles. The quantitative estimate of drug-likeness (QED) is 0.387. The highest BCUT2D eigenvalue weighted by atomic mass is 35.5. The monoisotopic (exact) mass is 504 g/mol. The molecule has 2 amide bonds. The Bertz CT molecular complexity index is 1180. The Kier molecular flexibility index (Phi) is 9.30. The van der Waals surface area contributed by atoms with E-state index in [1.807, 2.05) is 0 Å². The number of nitrogens with one attached hydrogen (secondary N) is 1. The minimum atomic E-state index is -1.12. The first kappa shape index (κ1) is 26.3. The van der Waals surface area contributed by atoms with Crippen LogP contribution in [0.5, 0.6) is 0 Å². The van der Waals surface area contributed by atoms with Crippen LogP contribution in [-0.4, -0.2) is 69.5 Å². The van der Waals surface area contributed by atoms with Gasteiger partial charge in [0, 0.05) is 37.4 Å². The third kappa shape index (κ3) is 7.32. The summed E-state index contributed by atoms with van der Waals surface area (Å²) in [6.07, 6.45) is 3.14. The zero-order valence-corrected chi connectivity index (χ0v) is 19.8. The highest BCUT2D eigenvalue weighted by Crippen LogP contribution is 2.21. The smallest absolute Gasteiger partial charge is 0.412 e. The number of rotatable bonds is 10. The maximum atomic E-state index is 13.6. The molecule has 9 nitrogen and oxygen atoms in total. The Hall–Kier alpha value is -3.34. The first-order valence-electron chi connectivity index (χ1n) is 10.9. The second-order valence-corrected chi connectivity index (χ2v) is 8.34. The van der Waals surface area contributed by atoms with Crippen LogP contribution >= 0.6 is 11.6 Å². The minimum absolute atomic E-state index is 0.0199. The summed E-state index contributed by atoms with van der Waals surface area (Å²) in [6, 6.07) is 7.11.